The van der Waals surface area contributed by atoms with Crippen LogP contribution < -0.4 is 4.74 Å². The molecule has 0 spiro atoms. The maximum atomic E-state index is 9.50. The van der Waals surface area contributed by atoms with Crippen LogP contribution in [0.25, 0.3) is 0 Å². The van der Waals surface area contributed by atoms with E-state index in [-0.39, 0.29) is 17.2 Å². The van der Waals surface area contributed by atoms with E-state index in [2.05, 4.69) is 4.99 Å². The Kier molecular flexibility index (Phi) is 3.50. The highest BCUT2D eigenvalue weighted by molar-refractivity contribution is 8.39. The first kappa shape index (κ1) is 11.5. The lowest BCUT2D eigenvalue weighted by molar-refractivity contribution is 0.349. The quantitative estimate of drug-likeness (QED) is 0.796. The zero-order chi connectivity index (χ0) is 11.5. The molecule has 4 nitrogen and oxygen atoms in total. The number of thioether (sulfide) groups is 2. The van der Waals surface area contributed by atoms with E-state index >= 15 is 0 Å². The number of aliphatic imine (C=N–C) groups is 1. The molecule has 1 heterocycles. The number of aromatic hydroxyl groups is 2. The molecule has 0 atom stereocenters. The van der Waals surface area contributed by atoms with Crippen molar-refractivity contribution in [3.05, 3.63) is 12.1 Å². The lowest BCUT2D eigenvalue weighted by Crippen LogP contribution is -1.86. The Morgan fingerprint density at radius 1 is 1.44 bits per heavy atom. The molecule has 86 valence electrons. The summed E-state index contributed by atoms with van der Waals surface area (Å²) >= 11 is 3.15. The second-order valence-corrected chi connectivity index (χ2v) is 5.50. The molecule has 0 fully saturated rings. The average Bonchev–Trinajstić information content (AvgIpc) is 2.76. The number of ether oxygens (including phenoxy) is 1. The number of hydrogen-bond acceptors (Lipinski definition) is 6. The summed E-state index contributed by atoms with van der Waals surface area (Å²) in [6, 6.07) is 3.19. The number of nitrogens with zero attached hydrogens (tertiary/aromatic N) is 1. The van der Waals surface area contributed by atoms with Gasteiger partial charge in [0.1, 0.15) is 4.38 Å². The van der Waals surface area contributed by atoms with Crippen molar-refractivity contribution in [2.45, 2.75) is 4.90 Å². The van der Waals surface area contributed by atoms with E-state index in [1.807, 2.05) is 0 Å². The van der Waals surface area contributed by atoms with Crippen molar-refractivity contribution in [3.63, 3.8) is 0 Å². The molecule has 16 heavy (non-hydrogen) atoms. The van der Waals surface area contributed by atoms with Gasteiger partial charge in [-0.25, -0.2) is 0 Å². The van der Waals surface area contributed by atoms with Crippen LogP contribution in [0.1, 0.15) is 0 Å². The van der Waals surface area contributed by atoms with Gasteiger partial charge in [-0.3, -0.25) is 4.99 Å². The molecule has 0 radical (unpaired) electrons. The van der Waals surface area contributed by atoms with Crippen LogP contribution >= 0.6 is 23.5 Å². The maximum Gasteiger partial charge on any atom is 0.200 e. The van der Waals surface area contributed by atoms with Crippen LogP contribution in [0, 0.1) is 0 Å². The first-order valence-corrected chi connectivity index (χ1v) is 6.46. The Morgan fingerprint density at radius 2 is 2.25 bits per heavy atom. The topological polar surface area (TPSA) is 62.0 Å². The van der Waals surface area contributed by atoms with Crippen molar-refractivity contribution in [1.82, 2.24) is 0 Å². The first-order valence-electron chi connectivity index (χ1n) is 4.66. The smallest absolute Gasteiger partial charge is 0.200 e. The molecule has 0 bridgehead atoms. The zero-order valence-corrected chi connectivity index (χ0v) is 10.3. The summed E-state index contributed by atoms with van der Waals surface area (Å²) in [7, 11) is 1.45. The Morgan fingerprint density at radius 3 is 2.88 bits per heavy atom. The number of phenols is 2. The van der Waals surface area contributed by atoms with Gasteiger partial charge in [-0.2, -0.15) is 0 Å². The minimum absolute atomic E-state index is 0.176. The molecule has 0 saturated carbocycles. The summed E-state index contributed by atoms with van der Waals surface area (Å²) in [6.45, 7) is 0.841. The molecule has 0 saturated heterocycles. The molecule has 6 heteroatoms. The third kappa shape index (κ3) is 2.38. The van der Waals surface area contributed by atoms with Gasteiger partial charge < -0.3 is 14.9 Å². The predicted octanol–water partition coefficient (Wildman–Crippen LogP) is 2.30. The number of methoxy groups -OCH3 is 1. The van der Waals surface area contributed by atoms with Crippen molar-refractivity contribution in [2.75, 3.05) is 19.4 Å². The first-order chi connectivity index (χ1) is 7.70. The maximum absolute atomic E-state index is 9.50. The second-order valence-electron chi connectivity index (χ2n) is 3.09. The van der Waals surface area contributed by atoms with Crippen LogP contribution in [0.15, 0.2) is 22.0 Å². The fourth-order valence-electron chi connectivity index (χ4n) is 1.26. The second kappa shape index (κ2) is 4.88. The molecule has 1 aromatic rings. The number of hydrogen-bond donors (Lipinski definition) is 2. The van der Waals surface area contributed by atoms with Gasteiger partial charge in [0.05, 0.1) is 13.7 Å². The Labute approximate surface area is 102 Å². The van der Waals surface area contributed by atoms with Crippen LogP contribution in [-0.2, 0) is 0 Å². The monoisotopic (exact) mass is 257 g/mol. The summed E-state index contributed by atoms with van der Waals surface area (Å²) in [5.74, 6) is 0.869. The van der Waals surface area contributed by atoms with Crippen LogP contribution in [0.4, 0.5) is 0 Å². The Hall–Kier alpha value is -1.01. The number of benzene rings is 1. The van der Waals surface area contributed by atoms with E-state index < -0.39 is 0 Å². The molecule has 0 unspecified atom stereocenters. The van der Waals surface area contributed by atoms with E-state index in [1.54, 1.807) is 17.8 Å². The van der Waals surface area contributed by atoms with Gasteiger partial charge in [0.25, 0.3) is 0 Å². The van der Waals surface area contributed by atoms with Crippen LogP contribution in [0.3, 0.4) is 0 Å². The van der Waals surface area contributed by atoms with Gasteiger partial charge in [0.15, 0.2) is 11.5 Å². The molecule has 0 amide bonds. The van der Waals surface area contributed by atoms with E-state index in [0.29, 0.717) is 0 Å². The van der Waals surface area contributed by atoms with Gasteiger partial charge in [-0.1, -0.05) is 23.5 Å². The molecule has 0 aromatic heterocycles. The van der Waals surface area contributed by atoms with Gasteiger partial charge in [-0.05, 0) is 12.1 Å². The lowest BCUT2D eigenvalue weighted by Gasteiger charge is -2.07. The Bertz CT molecular complexity index is 434. The molecule has 2 rings (SSSR count). The van der Waals surface area contributed by atoms with Crippen LogP contribution in [0.2, 0.25) is 0 Å². The van der Waals surface area contributed by atoms with Crippen molar-refractivity contribution in [3.8, 4) is 17.2 Å². The van der Waals surface area contributed by atoms with Crippen molar-refractivity contribution in [2.24, 2.45) is 4.99 Å². The Balaban J connectivity index is 2.24. The minimum Gasteiger partial charge on any atom is -0.504 e. The largest absolute Gasteiger partial charge is 0.504 e. The van der Waals surface area contributed by atoms with Crippen molar-refractivity contribution >= 4 is 27.9 Å². The van der Waals surface area contributed by atoms with Crippen LogP contribution in [0.5, 0.6) is 17.2 Å². The van der Waals surface area contributed by atoms with Crippen LogP contribution in [-0.4, -0.2) is 34.0 Å². The number of phenolic OH excluding ortho intramolecular Hbond substituents is 2. The van der Waals surface area contributed by atoms with E-state index in [0.717, 1.165) is 21.6 Å². The van der Waals surface area contributed by atoms with Gasteiger partial charge in [0, 0.05) is 10.6 Å². The molecule has 0 aliphatic carbocycles. The third-order valence-electron chi connectivity index (χ3n) is 2.01. The molecule has 2 N–H and O–H groups in total. The van der Waals surface area contributed by atoms with Gasteiger partial charge >= 0.3 is 0 Å². The molecular weight excluding hydrogens is 246 g/mol. The molecule has 1 aliphatic heterocycles. The highest BCUT2D eigenvalue weighted by Crippen LogP contribution is 2.40. The van der Waals surface area contributed by atoms with Crippen molar-refractivity contribution in [1.29, 1.82) is 0 Å². The average molecular weight is 257 g/mol. The SMILES string of the molecule is COc1cc(SC2=NCCS2)cc(O)c1O. The van der Waals surface area contributed by atoms with Gasteiger partial charge in [-0.15, -0.1) is 0 Å². The summed E-state index contributed by atoms with van der Waals surface area (Å²) in [5.41, 5.74) is 0. The van der Waals surface area contributed by atoms with E-state index in [9.17, 15) is 10.2 Å². The summed E-state index contributed by atoms with van der Waals surface area (Å²) in [5, 5.41) is 19.0. The highest BCUT2D eigenvalue weighted by atomic mass is 32.2. The molecule has 1 aliphatic rings. The highest BCUT2D eigenvalue weighted by Gasteiger charge is 2.13. The molecular formula is C10H11NO3S2. The fraction of sp³-hybridized carbons (Fsp3) is 0.300. The lowest BCUT2D eigenvalue weighted by atomic mass is 10.3. The standard InChI is InChI=1S/C10H11NO3S2/c1-14-8-5-6(4-7(12)9(8)13)16-10-11-2-3-15-10/h4-5,12-13H,2-3H2,1H3. The van der Waals surface area contributed by atoms with E-state index in [1.165, 1.54) is 24.9 Å². The summed E-state index contributed by atoms with van der Waals surface area (Å²) in [4.78, 5) is 5.10. The normalized spacial score (nSPS) is 14.9. The fourth-order valence-corrected chi connectivity index (χ4v) is 3.27. The third-order valence-corrected chi connectivity index (χ3v) is 4.15. The van der Waals surface area contributed by atoms with Crippen molar-refractivity contribution < 1.29 is 14.9 Å². The minimum atomic E-state index is -0.229. The van der Waals surface area contributed by atoms with E-state index in [4.69, 9.17) is 4.74 Å². The predicted molar refractivity (Wildman–Crippen MR) is 66.9 cm³/mol. The zero-order valence-electron chi connectivity index (χ0n) is 8.64. The summed E-state index contributed by atoms with van der Waals surface area (Å²) in [6.07, 6.45) is 0. The van der Waals surface area contributed by atoms with Gasteiger partial charge in [0.2, 0.25) is 5.75 Å². The summed E-state index contributed by atoms with van der Waals surface area (Å²) < 4.78 is 5.94. The number of rotatable bonds is 2. The molecule has 1 aromatic carbocycles.